The molecule has 2 fully saturated rings. The highest BCUT2D eigenvalue weighted by Gasteiger charge is 2.74. The molecule has 2 N–H and O–H groups in total. The highest BCUT2D eigenvalue weighted by atomic mass is 35.5. The smallest absolute Gasteiger partial charge is 0.327 e. The molecule has 0 aliphatic carbocycles. The zero-order valence-electron chi connectivity index (χ0n) is 19.0. The van der Waals surface area contributed by atoms with Crippen molar-refractivity contribution in [3.63, 3.8) is 0 Å². The number of hydrogen-bond acceptors (Lipinski definition) is 6. The van der Waals surface area contributed by atoms with Crippen molar-refractivity contribution in [3.8, 4) is 11.5 Å². The van der Waals surface area contributed by atoms with Gasteiger partial charge in [-0.15, -0.1) is 11.8 Å². The van der Waals surface area contributed by atoms with E-state index < -0.39 is 45.3 Å². The number of Topliss-reactive ketones (excluding diaryl/α,β-unsaturated/α-hetero) is 1. The Kier molecular flexibility index (Phi) is 6.54. The summed E-state index contributed by atoms with van der Waals surface area (Å²) < 4.78 is 5.05. The van der Waals surface area contributed by atoms with Gasteiger partial charge in [0, 0.05) is 15.3 Å². The average molecular weight is 537 g/mol. The van der Waals surface area contributed by atoms with Crippen LogP contribution in [0.15, 0.2) is 42.5 Å². The van der Waals surface area contributed by atoms with Gasteiger partial charge < -0.3 is 20.1 Å². The first kappa shape index (κ1) is 25.3. The summed E-state index contributed by atoms with van der Waals surface area (Å²) in [5, 5.41) is 12.2. The Labute approximate surface area is 215 Å². The molecule has 2 aromatic rings. The lowest BCUT2D eigenvalue weighted by Gasteiger charge is -2.51. The fourth-order valence-electron chi connectivity index (χ4n) is 4.45. The number of benzene rings is 2. The normalized spacial score (nSPS) is 24.4. The van der Waals surface area contributed by atoms with Gasteiger partial charge in [0.15, 0.2) is 5.78 Å². The van der Waals surface area contributed by atoms with Crippen LogP contribution in [0.2, 0.25) is 10.0 Å². The molecular weight excluding hydrogens is 515 g/mol. The number of aliphatic carboxylic acids is 1. The van der Waals surface area contributed by atoms with Gasteiger partial charge in [-0.25, -0.2) is 4.79 Å². The van der Waals surface area contributed by atoms with Crippen molar-refractivity contribution in [3.05, 3.63) is 58.1 Å². The third-order valence-corrected chi connectivity index (χ3v) is 8.28. The third-order valence-electron chi connectivity index (χ3n) is 6.11. The van der Waals surface area contributed by atoms with E-state index in [1.807, 2.05) is 0 Å². The van der Waals surface area contributed by atoms with Gasteiger partial charge in [-0.3, -0.25) is 14.4 Å². The van der Waals surface area contributed by atoms with Crippen molar-refractivity contribution in [1.29, 1.82) is 0 Å². The molecule has 11 heteroatoms. The molecule has 0 aromatic heterocycles. The van der Waals surface area contributed by atoms with Crippen LogP contribution in [0, 0.1) is 0 Å². The molecule has 2 aromatic carbocycles. The van der Waals surface area contributed by atoms with Gasteiger partial charge >= 0.3 is 5.97 Å². The molecule has 3 atom stereocenters. The monoisotopic (exact) mass is 536 g/mol. The van der Waals surface area contributed by atoms with Crippen LogP contribution in [0.5, 0.6) is 11.5 Å². The minimum atomic E-state index is -1.82. The number of carboxylic acid groups (broad SMARTS) is 1. The molecule has 2 heterocycles. The molecule has 4 rings (SSSR count). The maximum atomic E-state index is 13.1. The number of β-lactam (4-membered cyclic amide) rings is 1. The SMILES string of the molecule is CC(=O)C1(NC(=O)Cc2ccccc2Oc2ccc(Cl)cc2Cl)C(=O)N2[C@@H](C(=O)O)C(C)(C)S[C@@H]21. The predicted octanol–water partition coefficient (Wildman–Crippen LogP) is 3.92. The van der Waals surface area contributed by atoms with Crippen molar-refractivity contribution in [1.82, 2.24) is 10.2 Å². The Morgan fingerprint density at radius 3 is 2.46 bits per heavy atom. The Hall–Kier alpha value is -2.75. The molecule has 1 unspecified atom stereocenters. The number of ether oxygens (including phenoxy) is 1. The van der Waals surface area contributed by atoms with Crippen LogP contribution in [-0.4, -0.2) is 55.3 Å². The van der Waals surface area contributed by atoms with Gasteiger partial charge in [0.2, 0.25) is 11.4 Å². The lowest BCUT2D eigenvalue weighted by atomic mass is 9.81. The molecular formula is C24H22Cl2N2O6S. The van der Waals surface area contributed by atoms with E-state index in [4.69, 9.17) is 27.9 Å². The number of carboxylic acids is 1. The van der Waals surface area contributed by atoms with E-state index >= 15 is 0 Å². The molecule has 2 aliphatic heterocycles. The van der Waals surface area contributed by atoms with Gasteiger partial charge in [-0.05, 0) is 45.0 Å². The molecule has 0 spiro atoms. The molecule has 0 radical (unpaired) electrons. The second-order valence-corrected chi connectivity index (χ2v) is 11.5. The first-order valence-corrected chi connectivity index (χ1v) is 12.3. The van der Waals surface area contributed by atoms with Crippen molar-refractivity contribution in [2.75, 3.05) is 0 Å². The van der Waals surface area contributed by atoms with Crippen molar-refractivity contribution < 1.29 is 29.0 Å². The summed E-state index contributed by atoms with van der Waals surface area (Å²) in [5.41, 5.74) is -1.32. The molecule has 2 aliphatic rings. The van der Waals surface area contributed by atoms with E-state index in [2.05, 4.69) is 5.32 Å². The first-order chi connectivity index (χ1) is 16.4. The Bertz CT molecular complexity index is 1250. The second-order valence-electron chi connectivity index (χ2n) is 8.90. The zero-order valence-corrected chi connectivity index (χ0v) is 21.3. The van der Waals surface area contributed by atoms with E-state index in [-0.39, 0.29) is 6.42 Å². The van der Waals surface area contributed by atoms with Crippen LogP contribution < -0.4 is 10.1 Å². The fourth-order valence-corrected chi connectivity index (χ4v) is 6.65. The topological polar surface area (TPSA) is 113 Å². The lowest BCUT2D eigenvalue weighted by Crippen LogP contribution is -2.82. The minimum Gasteiger partial charge on any atom is -0.480 e. The molecule has 2 amide bonds. The number of hydrogen-bond donors (Lipinski definition) is 2. The maximum Gasteiger partial charge on any atom is 0.327 e. The van der Waals surface area contributed by atoms with Crippen molar-refractivity contribution >= 4 is 58.5 Å². The molecule has 0 saturated carbocycles. The predicted molar refractivity (Wildman–Crippen MR) is 132 cm³/mol. The number of para-hydroxylation sites is 1. The Balaban J connectivity index is 1.56. The van der Waals surface area contributed by atoms with Crippen LogP contribution in [0.25, 0.3) is 0 Å². The molecule has 35 heavy (non-hydrogen) atoms. The van der Waals surface area contributed by atoms with Gasteiger partial charge in [-0.2, -0.15) is 0 Å². The number of carbonyl (C=O) groups excluding carboxylic acids is 3. The number of nitrogens with zero attached hydrogens (tertiary/aromatic N) is 1. The van der Waals surface area contributed by atoms with Gasteiger partial charge in [0.25, 0.3) is 5.91 Å². The molecule has 2 saturated heterocycles. The Morgan fingerprint density at radius 1 is 1.14 bits per heavy atom. The summed E-state index contributed by atoms with van der Waals surface area (Å²) in [5.74, 6) is -2.29. The van der Waals surface area contributed by atoms with E-state index in [1.54, 1.807) is 50.2 Å². The first-order valence-electron chi connectivity index (χ1n) is 10.6. The van der Waals surface area contributed by atoms with E-state index in [1.165, 1.54) is 29.7 Å². The van der Waals surface area contributed by atoms with Crippen molar-refractivity contribution in [2.24, 2.45) is 0 Å². The highest BCUT2D eigenvalue weighted by molar-refractivity contribution is 8.01. The summed E-state index contributed by atoms with van der Waals surface area (Å²) in [6, 6.07) is 10.5. The van der Waals surface area contributed by atoms with Crippen LogP contribution in [0.4, 0.5) is 0 Å². The Morgan fingerprint density at radius 2 is 1.83 bits per heavy atom. The number of carbonyl (C=O) groups is 4. The van der Waals surface area contributed by atoms with E-state index in [9.17, 15) is 24.3 Å². The number of fused-ring (bicyclic) bond motifs is 1. The third kappa shape index (κ3) is 4.26. The van der Waals surface area contributed by atoms with Gasteiger partial charge in [0.1, 0.15) is 22.9 Å². The minimum absolute atomic E-state index is 0.188. The molecule has 8 nitrogen and oxygen atoms in total. The van der Waals surface area contributed by atoms with E-state index in [0.717, 1.165) is 0 Å². The standard InChI is InChI=1S/C24H22Cl2N2O6S/c1-12(29)24(21(33)28-19(20(31)32)23(2,3)35-22(24)28)27-18(30)10-13-6-4-5-7-16(13)34-17-9-8-14(25)11-15(17)26/h4-9,11,19,22H,10H2,1-3H3,(H,27,30)(H,31,32)/t19-,22+,24?/m0/s1. The average Bonchev–Trinajstić information content (AvgIpc) is 3.03. The lowest BCUT2D eigenvalue weighted by molar-refractivity contribution is -0.172. The summed E-state index contributed by atoms with van der Waals surface area (Å²) in [6.07, 6.45) is -0.188. The number of rotatable bonds is 7. The van der Waals surface area contributed by atoms with E-state index in [0.29, 0.717) is 27.1 Å². The van der Waals surface area contributed by atoms with Gasteiger partial charge in [0.05, 0.1) is 11.4 Å². The number of amides is 2. The van der Waals surface area contributed by atoms with Crippen LogP contribution in [-0.2, 0) is 25.6 Å². The zero-order chi connectivity index (χ0) is 25.7. The van der Waals surface area contributed by atoms with Crippen LogP contribution >= 0.6 is 35.0 Å². The highest BCUT2D eigenvalue weighted by Crippen LogP contribution is 2.55. The largest absolute Gasteiger partial charge is 0.480 e. The second kappa shape index (κ2) is 9.04. The number of ketones is 1. The van der Waals surface area contributed by atoms with Crippen LogP contribution in [0.1, 0.15) is 26.3 Å². The summed E-state index contributed by atoms with van der Waals surface area (Å²) in [7, 11) is 0. The summed E-state index contributed by atoms with van der Waals surface area (Å²) in [4.78, 5) is 51.9. The van der Waals surface area contributed by atoms with Crippen molar-refractivity contribution in [2.45, 2.75) is 48.9 Å². The van der Waals surface area contributed by atoms with Crippen LogP contribution in [0.3, 0.4) is 0 Å². The number of halogens is 2. The maximum absolute atomic E-state index is 13.1. The number of thioether (sulfide) groups is 1. The van der Waals surface area contributed by atoms with Gasteiger partial charge in [-0.1, -0.05) is 41.4 Å². The summed E-state index contributed by atoms with van der Waals surface area (Å²) >= 11 is 13.3. The summed E-state index contributed by atoms with van der Waals surface area (Å²) in [6.45, 7) is 4.62. The number of nitrogens with one attached hydrogen (secondary N) is 1. The molecule has 184 valence electrons. The molecule has 0 bridgehead atoms. The quantitative estimate of drug-likeness (QED) is 0.407. The fraction of sp³-hybridized carbons (Fsp3) is 0.333.